The summed E-state index contributed by atoms with van der Waals surface area (Å²) in [6.07, 6.45) is 4.12. The average molecular weight is 296 g/mol. The molecule has 0 aromatic heterocycles. The van der Waals surface area contributed by atoms with E-state index in [1.807, 2.05) is 0 Å². The van der Waals surface area contributed by atoms with E-state index < -0.39 is 11.4 Å². The first-order valence-corrected chi connectivity index (χ1v) is 7.18. The molecule has 1 aliphatic rings. The molecule has 5 heteroatoms. The largest absolute Gasteiger partial charge is 0.481 e. The maximum atomic E-state index is 12.0. The summed E-state index contributed by atoms with van der Waals surface area (Å²) in [4.78, 5) is 23.5. The van der Waals surface area contributed by atoms with Gasteiger partial charge in [0, 0.05) is 17.1 Å². The van der Waals surface area contributed by atoms with Crippen LogP contribution < -0.4 is 5.32 Å². The highest BCUT2D eigenvalue weighted by atomic mass is 35.5. The number of aliphatic carboxylic acids is 1. The SMILES string of the molecule is O=C(NCC1(C(=O)O)CCCCC1)c1cccc(Cl)c1. The Kier molecular flexibility index (Phi) is 4.65. The molecule has 1 fully saturated rings. The Balaban J connectivity index is 2.02. The lowest BCUT2D eigenvalue weighted by atomic mass is 9.74. The van der Waals surface area contributed by atoms with Crippen molar-refractivity contribution in [3.05, 3.63) is 34.9 Å². The van der Waals surface area contributed by atoms with Gasteiger partial charge in [-0.1, -0.05) is 36.9 Å². The Morgan fingerprint density at radius 3 is 2.55 bits per heavy atom. The van der Waals surface area contributed by atoms with E-state index in [1.54, 1.807) is 24.3 Å². The quantitative estimate of drug-likeness (QED) is 0.897. The van der Waals surface area contributed by atoms with Crippen molar-refractivity contribution in [2.75, 3.05) is 6.54 Å². The van der Waals surface area contributed by atoms with Crippen molar-refractivity contribution in [2.45, 2.75) is 32.1 Å². The molecule has 1 amide bonds. The van der Waals surface area contributed by atoms with Crippen molar-refractivity contribution in [2.24, 2.45) is 5.41 Å². The lowest BCUT2D eigenvalue weighted by Crippen LogP contribution is -2.44. The first-order chi connectivity index (χ1) is 9.53. The van der Waals surface area contributed by atoms with Gasteiger partial charge in [0.25, 0.3) is 5.91 Å². The third-order valence-corrected chi connectivity index (χ3v) is 4.17. The molecule has 1 saturated carbocycles. The number of amides is 1. The fraction of sp³-hybridized carbons (Fsp3) is 0.467. The van der Waals surface area contributed by atoms with Crippen LogP contribution in [0, 0.1) is 5.41 Å². The summed E-state index contributed by atoms with van der Waals surface area (Å²) in [6, 6.07) is 6.63. The van der Waals surface area contributed by atoms with E-state index >= 15 is 0 Å². The summed E-state index contributed by atoms with van der Waals surface area (Å²) in [5.41, 5.74) is -0.360. The molecule has 0 spiro atoms. The van der Waals surface area contributed by atoms with Gasteiger partial charge in [0.1, 0.15) is 0 Å². The Morgan fingerprint density at radius 2 is 1.95 bits per heavy atom. The van der Waals surface area contributed by atoms with Gasteiger partial charge in [-0.25, -0.2) is 0 Å². The van der Waals surface area contributed by atoms with Crippen LogP contribution in [0.5, 0.6) is 0 Å². The van der Waals surface area contributed by atoms with Crippen LogP contribution >= 0.6 is 11.6 Å². The maximum Gasteiger partial charge on any atom is 0.311 e. The first kappa shape index (κ1) is 14.9. The number of carbonyl (C=O) groups is 2. The van der Waals surface area contributed by atoms with E-state index in [0.717, 1.165) is 19.3 Å². The molecule has 1 aliphatic carbocycles. The zero-order chi connectivity index (χ0) is 14.6. The molecule has 4 nitrogen and oxygen atoms in total. The molecular weight excluding hydrogens is 278 g/mol. The number of hydrogen-bond acceptors (Lipinski definition) is 2. The van der Waals surface area contributed by atoms with Gasteiger partial charge in [-0.15, -0.1) is 0 Å². The molecule has 20 heavy (non-hydrogen) atoms. The molecule has 1 aromatic carbocycles. The highest BCUT2D eigenvalue weighted by molar-refractivity contribution is 6.30. The number of rotatable bonds is 4. The Labute approximate surface area is 123 Å². The van der Waals surface area contributed by atoms with Crippen molar-refractivity contribution in [1.29, 1.82) is 0 Å². The molecule has 1 aromatic rings. The number of carbonyl (C=O) groups excluding carboxylic acids is 1. The summed E-state index contributed by atoms with van der Waals surface area (Å²) < 4.78 is 0. The maximum absolute atomic E-state index is 12.0. The molecule has 0 heterocycles. The highest BCUT2D eigenvalue weighted by Gasteiger charge is 2.39. The second-order valence-electron chi connectivity index (χ2n) is 5.34. The summed E-state index contributed by atoms with van der Waals surface area (Å²) in [5.74, 6) is -1.10. The number of carboxylic acids is 1. The first-order valence-electron chi connectivity index (χ1n) is 6.81. The van der Waals surface area contributed by atoms with Gasteiger partial charge in [0.2, 0.25) is 0 Å². The smallest absolute Gasteiger partial charge is 0.311 e. The van der Waals surface area contributed by atoms with Crippen molar-refractivity contribution in [3.63, 3.8) is 0 Å². The van der Waals surface area contributed by atoms with Crippen LogP contribution in [-0.2, 0) is 4.79 Å². The van der Waals surface area contributed by atoms with Gasteiger partial charge in [-0.2, -0.15) is 0 Å². The molecule has 0 radical (unpaired) electrons. The fourth-order valence-electron chi connectivity index (χ4n) is 2.68. The molecule has 108 valence electrons. The van der Waals surface area contributed by atoms with Crippen LogP contribution in [0.25, 0.3) is 0 Å². The second kappa shape index (κ2) is 6.27. The Morgan fingerprint density at radius 1 is 1.25 bits per heavy atom. The summed E-state index contributed by atoms with van der Waals surface area (Å²) in [6.45, 7) is 0.174. The summed E-state index contributed by atoms with van der Waals surface area (Å²) in [5, 5.41) is 12.7. The lowest BCUT2D eigenvalue weighted by Gasteiger charge is -2.33. The Hall–Kier alpha value is -1.55. The molecular formula is C15H18ClNO3. The molecule has 0 unspecified atom stereocenters. The monoisotopic (exact) mass is 295 g/mol. The van der Waals surface area contributed by atoms with Crippen LogP contribution in [0.4, 0.5) is 0 Å². The van der Waals surface area contributed by atoms with E-state index in [1.165, 1.54) is 0 Å². The molecule has 0 aliphatic heterocycles. The number of halogens is 1. The highest BCUT2D eigenvalue weighted by Crippen LogP contribution is 2.36. The van der Waals surface area contributed by atoms with Crippen molar-refractivity contribution in [3.8, 4) is 0 Å². The van der Waals surface area contributed by atoms with Crippen LogP contribution in [0.2, 0.25) is 5.02 Å². The normalized spacial score (nSPS) is 17.4. The van der Waals surface area contributed by atoms with E-state index in [4.69, 9.17) is 11.6 Å². The van der Waals surface area contributed by atoms with Gasteiger partial charge >= 0.3 is 5.97 Å². The fourth-order valence-corrected chi connectivity index (χ4v) is 2.87. The third-order valence-electron chi connectivity index (χ3n) is 3.94. The molecule has 0 bridgehead atoms. The lowest BCUT2D eigenvalue weighted by molar-refractivity contribution is -0.150. The summed E-state index contributed by atoms with van der Waals surface area (Å²) in [7, 11) is 0. The van der Waals surface area contributed by atoms with Crippen LogP contribution in [-0.4, -0.2) is 23.5 Å². The van der Waals surface area contributed by atoms with E-state index in [2.05, 4.69) is 5.32 Å². The number of benzene rings is 1. The standard InChI is InChI=1S/C15H18ClNO3/c16-12-6-4-5-11(9-12)13(18)17-10-15(14(19)20)7-2-1-3-8-15/h4-6,9H,1-3,7-8,10H2,(H,17,18)(H,19,20). The van der Waals surface area contributed by atoms with Gasteiger partial charge < -0.3 is 10.4 Å². The minimum absolute atomic E-state index is 0.174. The van der Waals surface area contributed by atoms with Crippen LogP contribution in [0.1, 0.15) is 42.5 Å². The van der Waals surface area contributed by atoms with E-state index in [9.17, 15) is 14.7 Å². The third kappa shape index (κ3) is 3.31. The predicted octanol–water partition coefficient (Wildman–Crippen LogP) is 3.10. The van der Waals surface area contributed by atoms with E-state index in [0.29, 0.717) is 23.4 Å². The van der Waals surface area contributed by atoms with Gasteiger partial charge in [-0.05, 0) is 31.0 Å². The predicted molar refractivity (Wildman–Crippen MR) is 76.9 cm³/mol. The van der Waals surface area contributed by atoms with Crippen LogP contribution in [0.3, 0.4) is 0 Å². The molecule has 0 atom stereocenters. The van der Waals surface area contributed by atoms with Gasteiger partial charge in [0.05, 0.1) is 5.41 Å². The average Bonchev–Trinajstić information content (AvgIpc) is 2.45. The second-order valence-corrected chi connectivity index (χ2v) is 5.78. The molecule has 2 rings (SSSR count). The molecule has 0 saturated heterocycles. The van der Waals surface area contributed by atoms with Crippen molar-refractivity contribution in [1.82, 2.24) is 5.32 Å². The number of hydrogen-bond donors (Lipinski definition) is 2. The topological polar surface area (TPSA) is 66.4 Å². The summed E-state index contributed by atoms with van der Waals surface area (Å²) >= 11 is 5.84. The van der Waals surface area contributed by atoms with E-state index in [-0.39, 0.29) is 12.5 Å². The zero-order valence-electron chi connectivity index (χ0n) is 11.2. The number of carboxylic acid groups (broad SMARTS) is 1. The van der Waals surface area contributed by atoms with Gasteiger partial charge in [0.15, 0.2) is 0 Å². The molecule has 2 N–H and O–H groups in total. The minimum atomic E-state index is -0.816. The van der Waals surface area contributed by atoms with Crippen molar-refractivity contribution < 1.29 is 14.7 Å². The van der Waals surface area contributed by atoms with Crippen LogP contribution in [0.15, 0.2) is 24.3 Å². The Bertz CT molecular complexity index is 510. The zero-order valence-corrected chi connectivity index (χ0v) is 11.9. The minimum Gasteiger partial charge on any atom is -0.481 e. The van der Waals surface area contributed by atoms with Gasteiger partial charge in [-0.3, -0.25) is 9.59 Å². The van der Waals surface area contributed by atoms with Crippen molar-refractivity contribution >= 4 is 23.5 Å². The number of nitrogens with one attached hydrogen (secondary N) is 1.